The zero-order chi connectivity index (χ0) is 16.8. The van der Waals surface area contributed by atoms with Gasteiger partial charge in [-0.1, -0.05) is 30.3 Å². The van der Waals surface area contributed by atoms with Crippen molar-refractivity contribution in [2.24, 2.45) is 7.05 Å². The molecular weight excluding hydrogens is 302 g/mol. The second kappa shape index (κ2) is 7.50. The third-order valence-electron chi connectivity index (χ3n) is 3.72. The first-order valence-electron chi connectivity index (χ1n) is 7.87. The maximum Gasteiger partial charge on any atom is 0.352 e. The molecule has 6 nitrogen and oxygen atoms in total. The van der Waals surface area contributed by atoms with Crippen LogP contribution in [0.3, 0.4) is 0 Å². The molecule has 0 spiro atoms. The van der Waals surface area contributed by atoms with E-state index in [9.17, 15) is 4.79 Å². The van der Waals surface area contributed by atoms with Gasteiger partial charge in [-0.3, -0.25) is 9.55 Å². The van der Waals surface area contributed by atoms with Crippen molar-refractivity contribution in [3.8, 4) is 11.4 Å². The minimum Gasteiger partial charge on any atom is -0.355 e. The third-order valence-corrected chi connectivity index (χ3v) is 3.72. The van der Waals surface area contributed by atoms with Crippen LogP contribution in [0.1, 0.15) is 12.0 Å². The lowest BCUT2D eigenvalue weighted by atomic mass is 10.1. The molecule has 0 saturated carbocycles. The average Bonchev–Trinajstić information content (AvgIpc) is 2.63. The topological polar surface area (TPSA) is 72.7 Å². The summed E-state index contributed by atoms with van der Waals surface area (Å²) in [5, 5.41) is 3.23. The van der Waals surface area contributed by atoms with E-state index in [1.807, 2.05) is 18.2 Å². The molecule has 6 heteroatoms. The molecule has 24 heavy (non-hydrogen) atoms. The number of nitrogens with zero attached hydrogens (tertiary/aromatic N) is 4. The summed E-state index contributed by atoms with van der Waals surface area (Å²) in [6.07, 6.45) is 5.24. The molecule has 0 fully saturated rings. The van der Waals surface area contributed by atoms with Crippen molar-refractivity contribution in [1.82, 2.24) is 19.5 Å². The van der Waals surface area contributed by atoms with Crippen LogP contribution < -0.4 is 11.0 Å². The van der Waals surface area contributed by atoms with Crippen molar-refractivity contribution in [2.45, 2.75) is 12.8 Å². The Morgan fingerprint density at radius 2 is 1.79 bits per heavy atom. The fourth-order valence-corrected chi connectivity index (χ4v) is 2.38. The number of rotatable bonds is 6. The number of hydrogen-bond acceptors (Lipinski definition) is 5. The lowest BCUT2D eigenvalue weighted by Crippen LogP contribution is -2.25. The standard InChI is InChI=1S/C18H19N5O/c1-23-17(20-11-5-8-14-6-3-2-4-7-14)21-16(22-18(23)24)15-9-12-19-13-10-15/h2-4,6-7,9-10,12-13H,5,8,11H2,1H3,(H,20,21,22,24). The summed E-state index contributed by atoms with van der Waals surface area (Å²) < 4.78 is 1.42. The maximum atomic E-state index is 12.0. The summed E-state index contributed by atoms with van der Waals surface area (Å²) in [4.78, 5) is 24.5. The molecule has 122 valence electrons. The van der Waals surface area contributed by atoms with Gasteiger partial charge in [0.05, 0.1) is 0 Å². The van der Waals surface area contributed by atoms with Crippen LogP contribution in [0.5, 0.6) is 0 Å². The highest BCUT2D eigenvalue weighted by molar-refractivity contribution is 5.54. The van der Waals surface area contributed by atoms with Crippen LogP contribution in [0.25, 0.3) is 11.4 Å². The highest BCUT2D eigenvalue weighted by Gasteiger charge is 2.08. The van der Waals surface area contributed by atoms with Gasteiger partial charge in [-0.15, -0.1) is 0 Å². The van der Waals surface area contributed by atoms with Crippen LogP contribution >= 0.6 is 0 Å². The Kier molecular flexibility index (Phi) is 4.96. The summed E-state index contributed by atoms with van der Waals surface area (Å²) in [5.41, 5.74) is 1.74. The monoisotopic (exact) mass is 321 g/mol. The van der Waals surface area contributed by atoms with E-state index in [-0.39, 0.29) is 5.69 Å². The largest absolute Gasteiger partial charge is 0.355 e. The van der Waals surface area contributed by atoms with E-state index < -0.39 is 0 Å². The van der Waals surface area contributed by atoms with E-state index in [4.69, 9.17) is 0 Å². The smallest absolute Gasteiger partial charge is 0.352 e. The molecule has 1 N–H and O–H groups in total. The molecule has 0 radical (unpaired) electrons. The van der Waals surface area contributed by atoms with E-state index >= 15 is 0 Å². The van der Waals surface area contributed by atoms with Gasteiger partial charge in [-0.2, -0.15) is 9.97 Å². The SMILES string of the molecule is Cn1c(NCCCc2ccccc2)nc(-c2ccncc2)nc1=O. The van der Waals surface area contributed by atoms with Gasteiger partial charge in [0.25, 0.3) is 0 Å². The van der Waals surface area contributed by atoms with E-state index in [2.05, 4.69) is 32.4 Å². The summed E-state index contributed by atoms with van der Waals surface area (Å²) >= 11 is 0. The van der Waals surface area contributed by atoms with Gasteiger partial charge in [0.1, 0.15) is 0 Å². The normalized spacial score (nSPS) is 10.5. The molecule has 2 heterocycles. The second-order valence-electron chi connectivity index (χ2n) is 5.46. The maximum absolute atomic E-state index is 12.0. The molecule has 0 aliphatic carbocycles. The molecule has 3 rings (SSSR count). The zero-order valence-corrected chi connectivity index (χ0v) is 13.5. The van der Waals surface area contributed by atoms with Crippen LogP contribution in [-0.4, -0.2) is 26.1 Å². The number of anilines is 1. The van der Waals surface area contributed by atoms with Crippen LogP contribution in [-0.2, 0) is 13.5 Å². The summed E-state index contributed by atoms with van der Waals surface area (Å²) in [6.45, 7) is 0.731. The van der Waals surface area contributed by atoms with Gasteiger partial charge >= 0.3 is 5.69 Å². The van der Waals surface area contributed by atoms with Gasteiger partial charge < -0.3 is 5.32 Å². The van der Waals surface area contributed by atoms with Gasteiger partial charge in [-0.25, -0.2) is 4.79 Å². The van der Waals surface area contributed by atoms with Crippen LogP contribution in [0, 0.1) is 0 Å². The predicted molar refractivity (Wildman–Crippen MR) is 93.8 cm³/mol. The number of aromatic nitrogens is 4. The van der Waals surface area contributed by atoms with Crippen molar-refractivity contribution in [1.29, 1.82) is 0 Å². The number of benzene rings is 1. The van der Waals surface area contributed by atoms with E-state index in [0.717, 1.165) is 24.9 Å². The fourth-order valence-electron chi connectivity index (χ4n) is 2.38. The molecule has 0 saturated heterocycles. The van der Waals surface area contributed by atoms with Crippen LogP contribution in [0.15, 0.2) is 59.7 Å². The third kappa shape index (κ3) is 3.84. The molecule has 0 atom stereocenters. The number of aryl methyl sites for hydroxylation is 1. The molecule has 1 aromatic carbocycles. The van der Waals surface area contributed by atoms with E-state index in [0.29, 0.717) is 11.8 Å². The van der Waals surface area contributed by atoms with Crippen LogP contribution in [0.2, 0.25) is 0 Å². The highest BCUT2D eigenvalue weighted by Crippen LogP contribution is 2.13. The molecule has 0 aliphatic rings. The highest BCUT2D eigenvalue weighted by atomic mass is 16.1. The predicted octanol–water partition coefficient (Wildman–Crippen LogP) is 2.28. The van der Waals surface area contributed by atoms with Crippen LogP contribution in [0.4, 0.5) is 5.95 Å². The fraction of sp³-hybridized carbons (Fsp3) is 0.222. The second-order valence-corrected chi connectivity index (χ2v) is 5.46. The Bertz CT molecular complexity index is 846. The van der Waals surface area contributed by atoms with E-state index in [1.165, 1.54) is 10.1 Å². The first kappa shape index (κ1) is 15.9. The Balaban J connectivity index is 1.69. The molecule has 0 unspecified atom stereocenters. The molecule has 0 bridgehead atoms. The van der Waals surface area contributed by atoms with Gasteiger partial charge in [0.2, 0.25) is 5.95 Å². The Morgan fingerprint density at radius 1 is 1.04 bits per heavy atom. The number of hydrogen-bond donors (Lipinski definition) is 1. The minimum atomic E-state index is -0.331. The van der Waals surface area contributed by atoms with Gasteiger partial charge in [0, 0.05) is 31.5 Å². The van der Waals surface area contributed by atoms with Gasteiger partial charge in [0.15, 0.2) is 5.82 Å². The molecule has 3 aromatic rings. The quantitative estimate of drug-likeness (QED) is 0.705. The number of nitrogens with one attached hydrogen (secondary N) is 1. The molecule has 0 aliphatic heterocycles. The van der Waals surface area contributed by atoms with Crippen molar-refractivity contribution in [3.63, 3.8) is 0 Å². The minimum absolute atomic E-state index is 0.331. The van der Waals surface area contributed by atoms with Gasteiger partial charge in [-0.05, 0) is 30.5 Å². The Morgan fingerprint density at radius 3 is 2.54 bits per heavy atom. The first-order valence-corrected chi connectivity index (χ1v) is 7.87. The Labute approximate surface area is 140 Å². The number of pyridine rings is 1. The lowest BCUT2D eigenvalue weighted by molar-refractivity contribution is 0.763. The molecule has 0 amide bonds. The summed E-state index contributed by atoms with van der Waals surface area (Å²) in [6, 6.07) is 13.9. The average molecular weight is 321 g/mol. The molecular formula is C18H19N5O. The Hall–Kier alpha value is -3.02. The summed E-state index contributed by atoms with van der Waals surface area (Å²) in [5.74, 6) is 0.931. The lowest BCUT2D eigenvalue weighted by Gasteiger charge is -2.10. The van der Waals surface area contributed by atoms with E-state index in [1.54, 1.807) is 31.6 Å². The van der Waals surface area contributed by atoms with Crippen molar-refractivity contribution in [2.75, 3.05) is 11.9 Å². The first-order chi connectivity index (χ1) is 11.7. The van der Waals surface area contributed by atoms with Crippen molar-refractivity contribution < 1.29 is 0 Å². The van der Waals surface area contributed by atoms with Crippen molar-refractivity contribution >= 4 is 5.95 Å². The molecule has 2 aromatic heterocycles. The summed E-state index contributed by atoms with van der Waals surface area (Å²) in [7, 11) is 1.66. The zero-order valence-electron chi connectivity index (χ0n) is 13.5. The van der Waals surface area contributed by atoms with Crippen molar-refractivity contribution in [3.05, 3.63) is 70.9 Å².